The standard InChI is InChI=1S/C11H13NO/c12-10-2-1-8-4-11(6-13-7-11)5-9(8)3-10/h1-3H,4-7,12H2. The van der Waals surface area contributed by atoms with Gasteiger partial charge < -0.3 is 10.5 Å². The predicted octanol–water partition coefficient (Wildman–Crippen LogP) is 1.38. The lowest BCUT2D eigenvalue weighted by Gasteiger charge is -2.37. The van der Waals surface area contributed by atoms with Gasteiger partial charge in [0.15, 0.2) is 0 Å². The smallest absolute Gasteiger partial charge is 0.0551 e. The SMILES string of the molecule is Nc1ccc2c(c1)CC1(COC1)C2. The predicted molar refractivity (Wildman–Crippen MR) is 51.5 cm³/mol. The van der Waals surface area contributed by atoms with Crippen LogP contribution in [0.25, 0.3) is 0 Å². The highest BCUT2D eigenvalue weighted by Crippen LogP contribution is 2.42. The van der Waals surface area contributed by atoms with E-state index in [-0.39, 0.29) is 0 Å². The molecule has 0 bridgehead atoms. The molecule has 2 N–H and O–H groups in total. The number of rotatable bonds is 0. The first-order valence-corrected chi connectivity index (χ1v) is 4.73. The number of nitrogens with two attached hydrogens (primary N) is 1. The van der Waals surface area contributed by atoms with E-state index in [2.05, 4.69) is 12.1 Å². The quantitative estimate of drug-likeness (QED) is 0.605. The van der Waals surface area contributed by atoms with Crippen molar-refractivity contribution in [3.63, 3.8) is 0 Å². The fraction of sp³-hybridized carbons (Fsp3) is 0.455. The zero-order chi connectivity index (χ0) is 8.89. The van der Waals surface area contributed by atoms with Gasteiger partial charge in [-0.15, -0.1) is 0 Å². The van der Waals surface area contributed by atoms with Crippen LogP contribution in [0, 0.1) is 5.41 Å². The Balaban J connectivity index is 1.99. The minimum absolute atomic E-state index is 0.441. The molecule has 1 spiro atoms. The lowest BCUT2D eigenvalue weighted by atomic mass is 9.83. The van der Waals surface area contributed by atoms with E-state index in [0.29, 0.717) is 5.41 Å². The minimum Gasteiger partial charge on any atom is -0.399 e. The molecule has 0 amide bonds. The van der Waals surface area contributed by atoms with Crippen LogP contribution in [0.3, 0.4) is 0 Å². The number of ether oxygens (including phenoxy) is 1. The molecule has 2 aliphatic rings. The fourth-order valence-electron chi connectivity index (χ4n) is 2.45. The Labute approximate surface area is 77.7 Å². The third kappa shape index (κ3) is 0.985. The second-order valence-electron chi connectivity index (χ2n) is 4.37. The van der Waals surface area contributed by atoms with Gasteiger partial charge in [0.1, 0.15) is 0 Å². The lowest BCUT2D eigenvalue weighted by Crippen LogP contribution is -2.43. The Bertz CT molecular complexity index is 355. The van der Waals surface area contributed by atoms with Crippen molar-refractivity contribution >= 4 is 5.69 Å². The molecule has 0 unspecified atom stereocenters. The van der Waals surface area contributed by atoms with Crippen molar-refractivity contribution in [2.24, 2.45) is 5.41 Å². The largest absolute Gasteiger partial charge is 0.399 e. The van der Waals surface area contributed by atoms with Crippen molar-refractivity contribution in [1.82, 2.24) is 0 Å². The summed E-state index contributed by atoms with van der Waals surface area (Å²) in [6.07, 6.45) is 2.34. The van der Waals surface area contributed by atoms with E-state index in [1.807, 2.05) is 6.07 Å². The Hall–Kier alpha value is -1.02. The zero-order valence-electron chi connectivity index (χ0n) is 7.55. The Morgan fingerprint density at radius 2 is 1.92 bits per heavy atom. The van der Waals surface area contributed by atoms with Crippen LogP contribution in [0.2, 0.25) is 0 Å². The molecule has 1 saturated heterocycles. The van der Waals surface area contributed by atoms with E-state index in [0.717, 1.165) is 25.3 Å². The molecular formula is C11H13NO. The molecule has 1 aliphatic heterocycles. The van der Waals surface area contributed by atoms with Crippen molar-refractivity contribution in [3.8, 4) is 0 Å². The summed E-state index contributed by atoms with van der Waals surface area (Å²) in [6, 6.07) is 6.28. The summed E-state index contributed by atoms with van der Waals surface area (Å²) in [4.78, 5) is 0. The summed E-state index contributed by atoms with van der Waals surface area (Å²) in [5.74, 6) is 0. The third-order valence-corrected chi connectivity index (χ3v) is 3.18. The fourth-order valence-corrected chi connectivity index (χ4v) is 2.45. The summed E-state index contributed by atoms with van der Waals surface area (Å²) in [5.41, 5.74) is 9.98. The Kier molecular flexibility index (Phi) is 1.29. The summed E-state index contributed by atoms with van der Waals surface area (Å²) < 4.78 is 5.29. The molecule has 0 radical (unpaired) electrons. The number of hydrogen-bond acceptors (Lipinski definition) is 2. The highest BCUT2D eigenvalue weighted by atomic mass is 16.5. The molecule has 1 aromatic rings. The topological polar surface area (TPSA) is 35.2 Å². The number of anilines is 1. The summed E-state index contributed by atoms with van der Waals surface area (Å²) in [7, 11) is 0. The molecule has 0 aromatic heterocycles. The zero-order valence-corrected chi connectivity index (χ0v) is 7.55. The maximum atomic E-state index is 5.75. The number of fused-ring (bicyclic) bond motifs is 1. The molecule has 13 heavy (non-hydrogen) atoms. The Morgan fingerprint density at radius 3 is 2.62 bits per heavy atom. The van der Waals surface area contributed by atoms with Gasteiger partial charge in [0, 0.05) is 11.1 Å². The van der Waals surface area contributed by atoms with Crippen LogP contribution in [-0.2, 0) is 17.6 Å². The molecule has 3 rings (SSSR count). The van der Waals surface area contributed by atoms with Crippen LogP contribution < -0.4 is 5.73 Å². The minimum atomic E-state index is 0.441. The average Bonchev–Trinajstić information content (AvgIpc) is 2.41. The van der Waals surface area contributed by atoms with E-state index in [9.17, 15) is 0 Å². The van der Waals surface area contributed by atoms with Crippen LogP contribution in [0.5, 0.6) is 0 Å². The van der Waals surface area contributed by atoms with Crippen molar-refractivity contribution in [2.75, 3.05) is 18.9 Å². The van der Waals surface area contributed by atoms with E-state index >= 15 is 0 Å². The first-order valence-electron chi connectivity index (χ1n) is 4.73. The van der Waals surface area contributed by atoms with Gasteiger partial charge in [0.2, 0.25) is 0 Å². The van der Waals surface area contributed by atoms with Gasteiger partial charge in [-0.3, -0.25) is 0 Å². The summed E-state index contributed by atoms with van der Waals surface area (Å²) in [6.45, 7) is 1.86. The van der Waals surface area contributed by atoms with Gasteiger partial charge in [-0.05, 0) is 36.1 Å². The molecular weight excluding hydrogens is 162 g/mol. The molecule has 1 aromatic carbocycles. The van der Waals surface area contributed by atoms with E-state index in [1.54, 1.807) is 0 Å². The average molecular weight is 175 g/mol. The van der Waals surface area contributed by atoms with E-state index < -0.39 is 0 Å². The third-order valence-electron chi connectivity index (χ3n) is 3.18. The van der Waals surface area contributed by atoms with E-state index in [4.69, 9.17) is 10.5 Å². The van der Waals surface area contributed by atoms with Crippen LogP contribution >= 0.6 is 0 Å². The lowest BCUT2D eigenvalue weighted by molar-refractivity contribution is -0.106. The Morgan fingerprint density at radius 1 is 1.15 bits per heavy atom. The molecule has 2 heteroatoms. The molecule has 1 aliphatic carbocycles. The first-order chi connectivity index (χ1) is 6.27. The van der Waals surface area contributed by atoms with E-state index in [1.165, 1.54) is 17.5 Å². The number of nitrogen functional groups attached to an aromatic ring is 1. The number of hydrogen-bond donors (Lipinski definition) is 1. The maximum Gasteiger partial charge on any atom is 0.0551 e. The van der Waals surface area contributed by atoms with Gasteiger partial charge in [-0.25, -0.2) is 0 Å². The van der Waals surface area contributed by atoms with Crippen LogP contribution in [0.4, 0.5) is 5.69 Å². The van der Waals surface area contributed by atoms with Crippen LogP contribution in [0.15, 0.2) is 18.2 Å². The van der Waals surface area contributed by atoms with Crippen molar-refractivity contribution in [3.05, 3.63) is 29.3 Å². The highest BCUT2D eigenvalue weighted by Gasteiger charge is 2.43. The second kappa shape index (κ2) is 2.26. The van der Waals surface area contributed by atoms with Gasteiger partial charge in [0.05, 0.1) is 13.2 Å². The number of benzene rings is 1. The molecule has 0 saturated carbocycles. The van der Waals surface area contributed by atoms with Gasteiger partial charge >= 0.3 is 0 Å². The molecule has 68 valence electrons. The van der Waals surface area contributed by atoms with Crippen molar-refractivity contribution in [1.29, 1.82) is 0 Å². The normalized spacial score (nSPS) is 22.8. The second-order valence-corrected chi connectivity index (χ2v) is 4.37. The van der Waals surface area contributed by atoms with Crippen LogP contribution in [0.1, 0.15) is 11.1 Å². The van der Waals surface area contributed by atoms with Crippen molar-refractivity contribution < 1.29 is 4.74 Å². The summed E-state index contributed by atoms with van der Waals surface area (Å²) >= 11 is 0. The molecule has 1 fully saturated rings. The van der Waals surface area contributed by atoms with Crippen LogP contribution in [-0.4, -0.2) is 13.2 Å². The molecule has 0 atom stereocenters. The maximum absolute atomic E-state index is 5.75. The monoisotopic (exact) mass is 175 g/mol. The highest BCUT2D eigenvalue weighted by molar-refractivity contribution is 5.47. The first kappa shape index (κ1) is 7.39. The molecule has 1 heterocycles. The van der Waals surface area contributed by atoms with Gasteiger partial charge in [0.25, 0.3) is 0 Å². The van der Waals surface area contributed by atoms with Gasteiger partial charge in [-0.1, -0.05) is 6.07 Å². The molecule has 2 nitrogen and oxygen atoms in total. The van der Waals surface area contributed by atoms with Gasteiger partial charge in [-0.2, -0.15) is 0 Å². The summed E-state index contributed by atoms with van der Waals surface area (Å²) in [5, 5.41) is 0. The van der Waals surface area contributed by atoms with Crippen molar-refractivity contribution in [2.45, 2.75) is 12.8 Å².